The third kappa shape index (κ3) is 1.15. The van der Waals surface area contributed by atoms with Gasteiger partial charge in [0.25, 0.3) is 5.54 Å². The van der Waals surface area contributed by atoms with Gasteiger partial charge in [0.05, 0.1) is 24.1 Å². The molecule has 1 rings (SSSR count). The maximum absolute atomic E-state index is 11.1. The summed E-state index contributed by atoms with van der Waals surface area (Å²) in [6.45, 7) is 2.54. The molecule has 1 saturated carbocycles. The zero-order valence-electron chi connectivity index (χ0n) is 9.26. The zero-order valence-corrected chi connectivity index (χ0v) is 9.26. The molecular weight excluding hydrogens is 222 g/mol. The molecule has 86 valence electrons. The highest BCUT2D eigenvalue weighted by Gasteiger charge is 2.70. The number of rotatable bonds is 1. The molecule has 7 nitrogen and oxygen atoms in total. The second-order valence-electron chi connectivity index (χ2n) is 4.19. The Kier molecular flexibility index (Phi) is 2.62. The molecule has 1 aliphatic rings. The summed E-state index contributed by atoms with van der Waals surface area (Å²) in [6.07, 6.45) is 0. The molecule has 17 heavy (non-hydrogen) atoms. The first-order valence-electron chi connectivity index (χ1n) is 4.78. The maximum Gasteiger partial charge on any atom is 0.262 e. The molecule has 0 aromatic heterocycles. The normalized spacial score (nSPS) is 34.4. The van der Waals surface area contributed by atoms with Crippen molar-refractivity contribution >= 4 is 5.71 Å². The molecule has 7 heteroatoms. The van der Waals surface area contributed by atoms with E-state index in [1.165, 1.54) is 13.8 Å². The Labute approximate surface area is 97.5 Å². The molecule has 0 radical (unpaired) electrons. The van der Waals surface area contributed by atoms with Gasteiger partial charge in [-0.25, -0.2) is 0 Å². The van der Waals surface area contributed by atoms with Crippen LogP contribution in [0.3, 0.4) is 0 Å². The summed E-state index contributed by atoms with van der Waals surface area (Å²) in [5.41, 5.74) is -4.14. The van der Waals surface area contributed by atoms with E-state index in [1.54, 1.807) is 18.2 Å². The van der Waals surface area contributed by atoms with Crippen LogP contribution in [0.1, 0.15) is 13.8 Å². The van der Waals surface area contributed by atoms with Crippen molar-refractivity contribution < 1.29 is 4.92 Å². The molecule has 0 amide bonds. The Bertz CT molecular complexity index is 506. The van der Waals surface area contributed by atoms with E-state index in [-0.39, 0.29) is 0 Å². The lowest BCUT2D eigenvalue weighted by Crippen LogP contribution is -2.45. The fourth-order valence-corrected chi connectivity index (χ4v) is 2.22. The SMILES string of the molecule is C[C@H]1C(C#N)(C#N)C(C#N)C(=N)[C@]1(C)[N+](=O)[O-]. The van der Waals surface area contributed by atoms with Crippen LogP contribution < -0.4 is 0 Å². The third-order valence-corrected chi connectivity index (χ3v) is 3.69. The van der Waals surface area contributed by atoms with Crippen molar-refractivity contribution in [2.45, 2.75) is 19.4 Å². The smallest absolute Gasteiger partial charge is 0.262 e. The van der Waals surface area contributed by atoms with Crippen molar-refractivity contribution in [3.8, 4) is 18.2 Å². The minimum absolute atomic E-state index is 0.472. The molecule has 1 N–H and O–H groups in total. The standard InChI is InChI=1S/C10H9N5O2/c1-6-9(2,15(16)17)8(14)7(3-11)10(6,4-12)5-13/h6-7,14H,1-2H3/t6-,7?,9-/m1/s1. The van der Waals surface area contributed by atoms with Crippen molar-refractivity contribution in [2.75, 3.05) is 0 Å². The van der Waals surface area contributed by atoms with Gasteiger partial charge in [-0.1, -0.05) is 6.92 Å². The molecule has 0 aromatic carbocycles. The summed E-state index contributed by atoms with van der Waals surface area (Å²) in [5.74, 6) is -2.37. The number of hydrogen-bond donors (Lipinski definition) is 1. The van der Waals surface area contributed by atoms with Crippen molar-refractivity contribution in [3.05, 3.63) is 10.1 Å². The molecule has 0 spiro atoms. The Morgan fingerprint density at radius 3 is 2.12 bits per heavy atom. The Morgan fingerprint density at radius 1 is 1.41 bits per heavy atom. The van der Waals surface area contributed by atoms with Gasteiger partial charge >= 0.3 is 0 Å². The Morgan fingerprint density at radius 2 is 1.88 bits per heavy atom. The fourth-order valence-electron chi connectivity index (χ4n) is 2.22. The van der Waals surface area contributed by atoms with Crippen LogP contribution in [-0.4, -0.2) is 16.2 Å². The minimum atomic E-state index is -1.84. The Hall–Kier alpha value is -2.46. The number of nitrogens with zero attached hydrogens (tertiary/aromatic N) is 4. The lowest BCUT2D eigenvalue weighted by molar-refractivity contribution is -0.551. The van der Waals surface area contributed by atoms with Crippen molar-refractivity contribution in [1.82, 2.24) is 0 Å². The second-order valence-corrected chi connectivity index (χ2v) is 4.19. The van der Waals surface area contributed by atoms with E-state index in [9.17, 15) is 10.1 Å². The maximum atomic E-state index is 11.1. The van der Waals surface area contributed by atoms with Crippen LogP contribution in [0, 0.1) is 66.8 Å². The van der Waals surface area contributed by atoms with Gasteiger partial charge in [0.2, 0.25) is 0 Å². The molecule has 1 unspecified atom stereocenters. The molecule has 0 heterocycles. The van der Waals surface area contributed by atoms with Crippen molar-refractivity contribution in [3.63, 3.8) is 0 Å². The largest absolute Gasteiger partial charge is 0.301 e. The topological polar surface area (TPSA) is 138 Å². The highest BCUT2D eigenvalue weighted by molar-refractivity contribution is 5.98. The number of nitrogens with one attached hydrogen (secondary N) is 1. The molecule has 1 aliphatic carbocycles. The molecular formula is C10H9N5O2. The van der Waals surface area contributed by atoms with E-state index >= 15 is 0 Å². The second kappa shape index (κ2) is 3.54. The highest BCUT2D eigenvalue weighted by Crippen LogP contribution is 2.51. The van der Waals surface area contributed by atoms with Gasteiger partial charge in [0.15, 0.2) is 5.41 Å². The van der Waals surface area contributed by atoms with Gasteiger partial charge in [-0.2, -0.15) is 15.8 Å². The van der Waals surface area contributed by atoms with Gasteiger partial charge in [0, 0.05) is 11.8 Å². The molecule has 0 saturated heterocycles. The minimum Gasteiger partial charge on any atom is -0.301 e. The Balaban J connectivity index is 3.59. The molecule has 0 aromatic rings. The van der Waals surface area contributed by atoms with Gasteiger partial charge in [0.1, 0.15) is 11.6 Å². The monoisotopic (exact) mass is 231 g/mol. The summed E-state index contributed by atoms with van der Waals surface area (Å²) >= 11 is 0. The third-order valence-electron chi connectivity index (χ3n) is 3.69. The van der Waals surface area contributed by atoms with E-state index in [4.69, 9.17) is 21.2 Å². The van der Waals surface area contributed by atoms with Crippen LogP contribution in [0.15, 0.2) is 0 Å². The van der Waals surface area contributed by atoms with Crippen LogP contribution in [0.5, 0.6) is 0 Å². The number of nitriles is 3. The van der Waals surface area contributed by atoms with E-state index in [1.807, 2.05) is 0 Å². The fraction of sp³-hybridized carbons (Fsp3) is 0.600. The average Bonchev–Trinajstić information content (AvgIpc) is 2.48. The summed E-state index contributed by atoms with van der Waals surface area (Å²) in [7, 11) is 0. The van der Waals surface area contributed by atoms with Gasteiger partial charge < -0.3 is 5.41 Å². The van der Waals surface area contributed by atoms with Gasteiger partial charge in [-0.15, -0.1) is 0 Å². The lowest BCUT2D eigenvalue weighted by atomic mass is 9.73. The van der Waals surface area contributed by atoms with E-state index in [0.29, 0.717) is 0 Å². The summed E-state index contributed by atoms with van der Waals surface area (Å²) in [6, 6.07) is 5.05. The van der Waals surface area contributed by atoms with E-state index < -0.39 is 33.4 Å². The molecule has 0 bridgehead atoms. The summed E-state index contributed by atoms with van der Waals surface area (Å²) in [4.78, 5) is 10.4. The zero-order chi connectivity index (χ0) is 13.4. The first-order valence-corrected chi connectivity index (χ1v) is 4.78. The molecule has 3 atom stereocenters. The first kappa shape index (κ1) is 12.6. The quantitative estimate of drug-likeness (QED) is 0.526. The van der Waals surface area contributed by atoms with Crippen LogP contribution >= 0.6 is 0 Å². The highest BCUT2D eigenvalue weighted by atomic mass is 16.6. The predicted molar refractivity (Wildman–Crippen MR) is 55.1 cm³/mol. The average molecular weight is 231 g/mol. The number of nitro groups is 1. The van der Waals surface area contributed by atoms with Crippen molar-refractivity contribution in [1.29, 1.82) is 21.2 Å². The lowest BCUT2D eigenvalue weighted by Gasteiger charge is -2.23. The molecule has 0 aliphatic heterocycles. The summed E-state index contributed by atoms with van der Waals surface area (Å²) < 4.78 is 0. The molecule has 1 fully saturated rings. The predicted octanol–water partition coefficient (Wildman–Crippen LogP) is 0.865. The van der Waals surface area contributed by atoms with Crippen LogP contribution in [0.4, 0.5) is 0 Å². The van der Waals surface area contributed by atoms with Gasteiger partial charge in [-0.3, -0.25) is 10.1 Å². The van der Waals surface area contributed by atoms with Crippen LogP contribution in [0.2, 0.25) is 0 Å². The van der Waals surface area contributed by atoms with E-state index in [0.717, 1.165) is 0 Å². The van der Waals surface area contributed by atoms with Crippen molar-refractivity contribution in [2.24, 2.45) is 17.3 Å². The van der Waals surface area contributed by atoms with E-state index in [2.05, 4.69) is 0 Å². The first-order chi connectivity index (χ1) is 7.82. The van der Waals surface area contributed by atoms with Gasteiger partial charge in [-0.05, 0) is 0 Å². The number of hydrogen-bond acceptors (Lipinski definition) is 6. The van der Waals surface area contributed by atoms with Crippen LogP contribution in [0.25, 0.3) is 0 Å². The summed E-state index contributed by atoms with van der Waals surface area (Å²) in [5, 5.41) is 45.9. The van der Waals surface area contributed by atoms with Crippen LogP contribution in [-0.2, 0) is 0 Å².